The topological polar surface area (TPSA) is 12.4 Å². The van der Waals surface area contributed by atoms with E-state index in [2.05, 4.69) is 44.8 Å². The highest BCUT2D eigenvalue weighted by Crippen LogP contribution is 2.17. The molecule has 0 aliphatic carbocycles. The summed E-state index contributed by atoms with van der Waals surface area (Å²) in [5.74, 6) is 1.22. The van der Waals surface area contributed by atoms with E-state index in [9.17, 15) is 0 Å². The molecule has 2 nitrogen and oxygen atoms in total. The molecule has 0 fully saturated rings. The van der Waals surface area contributed by atoms with Crippen LogP contribution in [-0.2, 0) is 0 Å². The Morgan fingerprint density at radius 1 is 1.42 bits per heavy atom. The van der Waals surface area contributed by atoms with Crippen LogP contribution < -0.4 is 0 Å². The number of hydrogen-bond acceptors (Lipinski definition) is 1. The van der Waals surface area contributed by atoms with Crippen molar-refractivity contribution in [2.45, 2.75) is 26.6 Å². The van der Waals surface area contributed by atoms with Gasteiger partial charge in [-0.3, -0.25) is 4.48 Å². The lowest BCUT2D eigenvalue weighted by molar-refractivity contribution is -0.752. The van der Waals surface area contributed by atoms with Crippen molar-refractivity contribution in [3.63, 3.8) is 0 Å². The van der Waals surface area contributed by atoms with Crippen molar-refractivity contribution in [2.75, 3.05) is 13.2 Å². The van der Waals surface area contributed by atoms with E-state index in [0.717, 1.165) is 4.48 Å². The molecule has 12 heavy (non-hydrogen) atoms. The highest BCUT2D eigenvalue weighted by atomic mass is 28.3. The lowest BCUT2D eigenvalue weighted by Crippen LogP contribution is -2.51. The van der Waals surface area contributed by atoms with E-state index in [1.165, 1.54) is 12.0 Å². The molecule has 3 heteroatoms. The summed E-state index contributed by atoms with van der Waals surface area (Å²) < 4.78 is 0.926. The van der Waals surface area contributed by atoms with Gasteiger partial charge in [-0.05, 0) is 0 Å². The highest BCUT2D eigenvalue weighted by molar-refractivity contribution is 6.76. The average Bonchev–Trinajstić information content (AvgIpc) is 2.08. The van der Waals surface area contributed by atoms with Crippen molar-refractivity contribution in [1.29, 1.82) is 0 Å². The summed E-state index contributed by atoms with van der Waals surface area (Å²) in [5.41, 5.74) is 0. The van der Waals surface area contributed by atoms with Gasteiger partial charge >= 0.3 is 0 Å². The van der Waals surface area contributed by atoms with Gasteiger partial charge in [0.1, 0.15) is 14.3 Å². The van der Waals surface area contributed by atoms with Crippen molar-refractivity contribution in [3.05, 3.63) is 12.4 Å². The standard InChI is InChI=1S/C9H19N2Si/c1-9-10-6-7-11(9,2)8-12(3,4)5/h6-7H,8H2,1-5H3/q+1. The second kappa shape index (κ2) is 2.82. The third-order valence-electron chi connectivity index (χ3n) is 2.20. The first-order valence-electron chi connectivity index (χ1n) is 4.41. The molecule has 0 saturated carbocycles. The zero-order valence-corrected chi connectivity index (χ0v) is 9.76. The first kappa shape index (κ1) is 9.67. The summed E-state index contributed by atoms with van der Waals surface area (Å²) in [4.78, 5) is 4.30. The normalized spacial score (nSPS) is 29.2. The van der Waals surface area contributed by atoms with Gasteiger partial charge in [-0.1, -0.05) is 19.6 Å². The molecule has 0 aromatic carbocycles. The minimum Gasteiger partial charge on any atom is -0.257 e. The molecule has 0 bridgehead atoms. The van der Waals surface area contributed by atoms with Crippen LogP contribution in [0.1, 0.15) is 6.92 Å². The highest BCUT2D eigenvalue weighted by Gasteiger charge is 2.33. The third kappa shape index (κ3) is 2.05. The van der Waals surface area contributed by atoms with Gasteiger partial charge in [0.05, 0.1) is 19.4 Å². The van der Waals surface area contributed by atoms with Crippen molar-refractivity contribution in [1.82, 2.24) is 0 Å². The fourth-order valence-corrected chi connectivity index (χ4v) is 3.99. The number of rotatable bonds is 2. The summed E-state index contributed by atoms with van der Waals surface area (Å²) in [6.45, 7) is 9.31. The van der Waals surface area contributed by atoms with Crippen LogP contribution in [0.3, 0.4) is 0 Å². The fraction of sp³-hybridized carbons (Fsp3) is 0.667. The van der Waals surface area contributed by atoms with Crippen molar-refractivity contribution >= 4 is 13.9 Å². The first-order chi connectivity index (χ1) is 5.33. The molecule has 1 rings (SSSR count). The Morgan fingerprint density at radius 3 is 2.33 bits per heavy atom. The molecule has 1 heterocycles. The molecule has 1 atom stereocenters. The van der Waals surface area contributed by atoms with Crippen LogP contribution in [0.2, 0.25) is 19.6 Å². The Balaban J connectivity index is 2.75. The Kier molecular flexibility index (Phi) is 2.27. The summed E-state index contributed by atoms with van der Waals surface area (Å²) >= 11 is 0. The van der Waals surface area contributed by atoms with Gasteiger partial charge in [-0.2, -0.15) is 0 Å². The molecule has 1 aliphatic rings. The Morgan fingerprint density at radius 2 is 2.00 bits per heavy atom. The molecule has 0 aromatic rings. The summed E-state index contributed by atoms with van der Waals surface area (Å²) in [6.07, 6.45) is 5.36. The van der Waals surface area contributed by atoms with Gasteiger partial charge in [0.2, 0.25) is 5.84 Å². The van der Waals surface area contributed by atoms with Gasteiger partial charge in [-0.15, -0.1) is 0 Å². The summed E-state index contributed by atoms with van der Waals surface area (Å²) in [6, 6.07) is 0. The molecular formula is C9H19N2Si+. The fourth-order valence-electron chi connectivity index (χ4n) is 1.68. The SMILES string of the molecule is CC1=NC=C[N+]1(C)C[Si](C)(C)C. The second-order valence-corrected chi connectivity index (χ2v) is 10.4. The van der Waals surface area contributed by atoms with Crippen molar-refractivity contribution < 1.29 is 4.48 Å². The zero-order valence-electron chi connectivity index (χ0n) is 8.76. The van der Waals surface area contributed by atoms with E-state index in [1.807, 2.05) is 6.20 Å². The van der Waals surface area contributed by atoms with Gasteiger partial charge in [0, 0.05) is 6.92 Å². The van der Waals surface area contributed by atoms with Crippen LogP contribution in [0.15, 0.2) is 17.4 Å². The van der Waals surface area contributed by atoms with Gasteiger partial charge in [0.15, 0.2) is 0 Å². The van der Waals surface area contributed by atoms with E-state index < -0.39 is 8.07 Å². The Labute approximate surface area is 76.2 Å². The maximum Gasteiger partial charge on any atom is 0.203 e. The molecule has 1 aliphatic heterocycles. The van der Waals surface area contributed by atoms with E-state index in [4.69, 9.17) is 0 Å². The summed E-state index contributed by atoms with van der Waals surface area (Å²) in [7, 11) is 1.24. The van der Waals surface area contributed by atoms with Crippen molar-refractivity contribution in [2.24, 2.45) is 4.99 Å². The Bertz CT molecular complexity index is 237. The summed E-state index contributed by atoms with van der Waals surface area (Å²) in [5, 5.41) is 0. The van der Waals surface area contributed by atoms with Gasteiger partial charge in [-0.25, -0.2) is 4.99 Å². The van der Waals surface area contributed by atoms with Crippen LogP contribution in [0.25, 0.3) is 0 Å². The minimum atomic E-state index is -0.996. The van der Waals surface area contributed by atoms with E-state index in [-0.39, 0.29) is 0 Å². The number of aliphatic imine (C=N–C) groups is 1. The largest absolute Gasteiger partial charge is 0.257 e. The third-order valence-corrected chi connectivity index (χ3v) is 3.80. The second-order valence-electron chi connectivity index (χ2n) is 4.96. The van der Waals surface area contributed by atoms with Crippen LogP contribution in [0.4, 0.5) is 0 Å². The quantitative estimate of drug-likeness (QED) is 0.460. The van der Waals surface area contributed by atoms with E-state index in [0.29, 0.717) is 0 Å². The molecule has 0 N–H and O–H groups in total. The van der Waals surface area contributed by atoms with Crippen LogP contribution in [-0.4, -0.2) is 31.6 Å². The maximum atomic E-state index is 4.30. The number of quaternary nitrogens is 1. The van der Waals surface area contributed by atoms with Crippen molar-refractivity contribution in [3.8, 4) is 0 Å². The molecule has 0 spiro atoms. The molecule has 0 radical (unpaired) electrons. The number of hydrogen-bond donors (Lipinski definition) is 0. The van der Waals surface area contributed by atoms with Gasteiger partial charge in [0.25, 0.3) is 0 Å². The monoisotopic (exact) mass is 183 g/mol. The molecule has 0 aromatic heterocycles. The zero-order chi connectivity index (χ0) is 9.41. The molecule has 1 unspecified atom stereocenters. The predicted octanol–water partition coefficient (Wildman–Crippen LogP) is 2.21. The van der Waals surface area contributed by atoms with E-state index in [1.54, 1.807) is 0 Å². The lowest BCUT2D eigenvalue weighted by Gasteiger charge is -2.31. The molecule has 0 saturated heterocycles. The van der Waals surface area contributed by atoms with Crippen LogP contribution >= 0.6 is 0 Å². The predicted molar refractivity (Wildman–Crippen MR) is 56.6 cm³/mol. The lowest BCUT2D eigenvalue weighted by atomic mass is 10.5. The maximum absolute atomic E-state index is 4.30. The smallest absolute Gasteiger partial charge is 0.203 e. The van der Waals surface area contributed by atoms with Crippen LogP contribution in [0.5, 0.6) is 0 Å². The number of nitrogens with zero attached hydrogens (tertiary/aromatic N) is 2. The molecule has 0 amide bonds. The Hall–Kier alpha value is -0.413. The first-order valence-corrected chi connectivity index (χ1v) is 8.12. The average molecular weight is 183 g/mol. The molecular weight excluding hydrogens is 164 g/mol. The van der Waals surface area contributed by atoms with Gasteiger partial charge < -0.3 is 0 Å². The van der Waals surface area contributed by atoms with Crippen LogP contribution in [0, 0.1) is 0 Å². The van der Waals surface area contributed by atoms with E-state index >= 15 is 0 Å². The minimum absolute atomic E-state index is 0.926. The number of amidine groups is 1. The molecule has 68 valence electrons.